The molecule has 1 saturated heterocycles. The molecule has 0 amide bonds. The number of ether oxygens (including phenoxy) is 3. The van der Waals surface area contributed by atoms with E-state index in [4.69, 9.17) is 19.2 Å². The fourth-order valence-corrected chi connectivity index (χ4v) is 6.65. The Kier molecular flexibility index (Phi) is 5.90. The lowest BCUT2D eigenvalue weighted by atomic mass is 9.72. The van der Waals surface area contributed by atoms with Crippen molar-refractivity contribution in [3.63, 3.8) is 0 Å². The van der Waals surface area contributed by atoms with Crippen LogP contribution < -0.4 is 0 Å². The Bertz CT molecular complexity index is 1270. The SMILES string of the molecule is CC(=O)OC1c2nc(C(C)C)c3c(c2C([OH2+])CC12CC2)C1(CCOCC1)OC3c1ccc(C(F)(F)F)nc1. The first-order valence-corrected chi connectivity index (χ1v) is 13.2. The highest BCUT2D eigenvalue weighted by Crippen LogP contribution is 2.67. The predicted molar refractivity (Wildman–Crippen MR) is 129 cm³/mol. The maximum Gasteiger partial charge on any atom is 0.433 e. The number of nitrogens with zero attached hydrogens (tertiary/aromatic N) is 2. The van der Waals surface area contributed by atoms with E-state index in [1.165, 1.54) is 19.2 Å². The van der Waals surface area contributed by atoms with E-state index in [-0.39, 0.29) is 17.3 Å². The van der Waals surface area contributed by atoms with Crippen LogP contribution in [0.3, 0.4) is 0 Å². The fourth-order valence-electron chi connectivity index (χ4n) is 6.65. The smallest absolute Gasteiger partial charge is 0.433 e. The van der Waals surface area contributed by atoms with Crippen LogP contribution in [0.4, 0.5) is 13.2 Å². The van der Waals surface area contributed by atoms with Crippen molar-refractivity contribution in [1.29, 1.82) is 0 Å². The molecule has 3 unspecified atom stereocenters. The Morgan fingerprint density at radius 3 is 2.42 bits per heavy atom. The van der Waals surface area contributed by atoms with Crippen molar-refractivity contribution in [3.8, 4) is 0 Å². The molecule has 2 aliphatic carbocycles. The van der Waals surface area contributed by atoms with Gasteiger partial charge in [-0.25, -0.2) is 0 Å². The normalized spacial score (nSPS) is 26.9. The Labute approximate surface area is 218 Å². The maximum absolute atomic E-state index is 13.2. The molecule has 2 N–H and O–H groups in total. The minimum Gasteiger partial charge on any atom is -0.455 e. The zero-order chi connectivity index (χ0) is 27.0. The van der Waals surface area contributed by atoms with E-state index in [1.807, 2.05) is 13.8 Å². The van der Waals surface area contributed by atoms with Crippen molar-refractivity contribution in [2.24, 2.45) is 5.41 Å². The van der Waals surface area contributed by atoms with Gasteiger partial charge in [0, 0.05) is 73.4 Å². The van der Waals surface area contributed by atoms with Crippen molar-refractivity contribution in [3.05, 3.63) is 57.7 Å². The minimum atomic E-state index is -4.54. The summed E-state index contributed by atoms with van der Waals surface area (Å²) in [5.41, 5.74) is 2.38. The molecule has 10 heteroatoms. The number of pyridine rings is 2. The van der Waals surface area contributed by atoms with Gasteiger partial charge in [0.25, 0.3) is 0 Å². The Morgan fingerprint density at radius 2 is 1.87 bits per heavy atom. The first kappa shape index (κ1) is 25.7. The lowest BCUT2D eigenvalue weighted by Gasteiger charge is -2.39. The fraction of sp³-hybridized carbons (Fsp3) is 0.607. The average Bonchev–Trinajstić information content (AvgIpc) is 3.56. The summed E-state index contributed by atoms with van der Waals surface area (Å²) >= 11 is 0. The molecule has 2 fully saturated rings. The van der Waals surface area contributed by atoms with Gasteiger partial charge in [0.2, 0.25) is 0 Å². The van der Waals surface area contributed by atoms with Crippen molar-refractivity contribution in [2.45, 2.75) is 88.9 Å². The van der Waals surface area contributed by atoms with Gasteiger partial charge in [-0.1, -0.05) is 19.9 Å². The molecule has 1 saturated carbocycles. The Balaban J connectivity index is 1.59. The van der Waals surface area contributed by atoms with Gasteiger partial charge in [0.05, 0.1) is 16.9 Å². The van der Waals surface area contributed by atoms with Crippen molar-refractivity contribution >= 4 is 5.97 Å². The Hall–Kier alpha value is -2.56. The second kappa shape index (κ2) is 8.72. The zero-order valence-corrected chi connectivity index (χ0v) is 21.7. The van der Waals surface area contributed by atoms with Crippen LogP contribution in [-0.4, -0.2) is 34.3 Å². The first-order chi connectivity index (χ1) is 18.0. The summed E-state index contributed by atoms with van der Waals surface area (Å²) in [6, 6.07) is 2.40. The molecule has 2 spiro atoms. The summed E-state index contributed by atoms with van der Waals surface area (Å²) in [6.45, 7) is 6.36. The van der Waals surface area contributed by atoms with Crippen molar-refractivity contribution < 1.29 is 37.3 Å². The van der Waals surface area contributed by atoms with Gasteiger partial charge in [0.15, 0.2) is 12.2 Å². The Morgan fingerprint density at radius 1 is 1.16 bits per heavy atom. The maximum atomic E-state index is 13.2. The van der Waals surface area contributed by atoms with Crippen molar-refractivity contribution in [1.82, 2.24) is 9.97 Å². The summed E-state index contributed by atoms with van der Waals surface area (Å²) in [4.78, 5) is 21.0. The van der Waals surface area contributed by atoms with Crippen LogP contribution in [0.15, 0.2) is 18.3 Å². The van der Waals surface area contributed by atoms with Crippen LogP contribution in [0.5, 0.6) is 0 Å². The number of rotatable bonds is 3. The number of esters is 1. The van der Waals surface area contributed by atoms with Gasteiger partial charge in [-0.2, -0.15) is 13.2 Å². The molecule has 38 heavy (non-hydrogen) atoms. The molecule has 6 rings (SSSR count). The van der Waals surface area contributed by atoms with E-state index >= 15 is 0 Å². The molecular weight excluding hydrogens is 501 g/mol. The van der Waals surface area contributed by atoms with Crippen LogP contribution in [0.25, 0.3) is 0 Å². The summed E-state index contributed by atoms with van der Waals surface area (Å²) in [5, 5.41) is 9.23. The monoisotopic (exact) mass is 533 g/mol. The van der Waals surface area contributed by atoms with E-state index < -0.39 is 35.8 Å². The topological polar surface area (TPSA) is 93.4 Å². The van der Waals surface area contributed by atoms with Crippen molar-refractivity contribution in [2.75, 3.05) is 13.2 Å². The summed E-state index contributed by atoms with van der Waals surface area (Å²) in [5.74, 6) is -0.424. The molecular formula is C28H32F3N2O5+. The standard InChI is InChI=1S/C28H31F3N2O5/c1-14(2)22-20-21(19-17(35)12-26(6-7-26)25(23(19)33-22)37-15(3)34)27(8-10-36-11-9-27)38-24(20)16-4-5-18(32-13-16)28(29,30)31/h4-5,13-14,17,24-25,35H,6-12H2,1-3H3/p+1. The molecule has 4 aliphatic rings. The zero-order valence-electron chi connectivity index (χ0n) is 21.7. The van der Waals surface area contributed by atoms with Gasteiger partial charge in [-0.3, -0.25) is 14.8 Å². The molecule has 0 radical (unpaired) electrons. The second-order valence-electron chi connectivity index (χ2n) is 11.4. The van der Waals surface area contributed by atoms with Crippen LogP contribution in [0, 0.1) is 5.41 Å². The summed E-state index contributed by atoms with van der Waals surface area (Å²) in [7, 11) is 0. The number of fused-ring (bicyclic) bond motifs is 4. The van der Waals surface area contributed by atoms with E-state index in [0.717, 1.165) is 41.3 Å². The summed E-state index contributed by atoms with van der Waals surface area (Å²) in [6.07, 6.45) is -1.66. The molecule has 0 bridgehead atoms. The average molecular weight is 534 g/mol. The molecule has 204 valence electrons. The number of carbonyl (C=O) groups excluding carboxylic acids is 1. The first-order valence-electron chi connectivity index (χ1n) is 13.2. The third-order valence-corrected chi connectivity index (χ3v) is 8.56. The number of hydrogen-bond donors (Lipinski definition) is 0. The molecule has 0 aromatic carbocycles. The number of aromatic nitrogens is 2. The van der Waals surface area contributed by atoms with E-state index in [9.17, 15) is 23.1 Å². The highest BCUT2D eigenvalue weighted by Gasteiger charge is 2.62. The van der Waals surface area contributed by atoms with Gasteiger partial charge in [-0.15, -0.1) is 0 Å². The van der Waals surface area contributed by atoms with Gasteiger partial charge >= 0.3 is 12.1 Å². The van der Waals surface area contributed by atoms with E-state index in [1.54, 1.807) is 0 Å². The van der Waals surface area contributed by atoms with Gasteiger partial charge in [-0.05, 0) is 24.8 Å². The molecule has 4 heterocycles. The largest absolute Gasteiger partial charge is 0.455 e. The van der Waals surface area contributed by atoms with Crippen LogP contribution in [0.2, 0.25) is 0 Å². The molecule has 7 nitrogen and oxygen atoms in total. The lowest BCUT2D eigenvalue weighted by molar-refractivity contribution is -0.153. The minimum absolute atomic E-state index is 0.0446. The molecule has 2 aliphatic heterocycles. The number of carbonyl (C=O) groups is 1. The second-order valence-corrected chi connectivity index (χ2v) is 11.4. The van der Waals surface area contributed by atoms with Gasteiger partial charge in [0.1, 0.15) is 11.8 Å². The predicted octanol–water partition coefficient (Wildman–Crippen LogP) is 5.30. The van der Waals surface area contributed by atoms with E-state index in [0.29, 0.717) is 43.7 Å². The van der Waals surface area contributed by atoms with E-state index in [2.05, 4.69) is 4.98 Å². The highest BCUT2D eigenvalue weighted by atomic mass is 19.4. The van der Waals surface area contributed by atoms with Crippen LogP contribution in [0.1, 0.15) is 116 Å². The molecule has 2 aromatic heterocycles. The highest BCUT2D eigenvalue weighted by molar-refractivity contribution is 5.67. The number of hydrogen-bond acceptors (Lipinski definition) is 6. The lowest BCUT2D eigenvalue weighted by Crippen LogP contribution is -2.37. The molecule has 2 aromatic rings. The van der Waals surface area contributed by atoms with Crippen LogP contribution in [-0.2, 0) is 30.8 Å². The quantitative estimate of drug-likeness (QED) is 0.393. The number of halogens is 3. The third-order valence-electron chi connectivity index (χ3n) is 8.56. The van der Waals surface area contributed by atoms with Crippen LogP contribution >= 0.6 is 0 Å². The number of alkyl halides is 3. The third kappa shape index (κ3) is 3.95. The summed E-state index contributed by atoms with van der Waals surface area (Å²) < 4.78 is 58.1. The van der Waals surface area contributed by atoms with Gasteiger partial charge < -0.3 is 19.3 Å². The molecule has 3 atom stereocenters.